The van der Waals surface area contributed by atoms with Crippen molar-refractivity contribution >= 4 is 21.4 Å². The molecule has 0 radical (unpaired) electrons. The highest BCUT2D eigenvalue weighted by atomic mass is 32.2. The Morgan fingerprint density at radius 3 is 2.50 bits per heavy atom. The minimum Gasteiger partial charge on any atom is -0.206 e. The van der Waals surface area contributed by atoms with Gasteiger partial charge in [0.05, 0.1) is 6.07 Å². The lowest BCUT2D eigenvalue weighted by atomic mass is 9.83. The number of rotatable bonds is 4. The normalized spacial score (nSPS) is 18.9. The Hall–Kier alpha value is -0.900. The monoisotopic (exact) mass is 312 g/mol. The molecule has 0 amide bonds. The quantitative estimate of drug-likeness (QED) is 0.858. The van der Waals surface area contributed by atoms with E-state index in [2.05, 4.69) is 6.07 Å². The molecule has 4 nitrogen and oxygen atoms in total. The highest BCUT2D eigenvalue weighted by Crippen LogP contribution is 2.37. The van der Waals surface area contributed by atoms with Crippen LogP contribution in [0.5, 0.6) is 0 Å². The van der Waals surface area contributed by atoms with Crippen molar-refractivity contribution < 1.29 is 8.42 Å². The summed E-state index contributed by atoms with van der Waals surface area (Å²) in [7, 11) is -2.02. The lowest BCUT2D eigenvalue weighted by Gasteiger charge is -2.37. The Kier molecular flexibility index (Phi) is 4.52. The molecule has 1 saturated carbocycles. The number of thiophene rings is 1. The van der Waals surface area contributed by atoms with Crippen molar-refractivity contribution in [3.8, 4) is 6.07 Å². The Morgan fingerprint density at radius 2 is 2.00 bits per heavy atom. The molecule has 0 bridgehead atoms. The zero-order chi connectivity index (χ0) is 14.8. The summed E-state index contributed by atoms with van der Waals surface area (Å²) in [6.07, 6.45) is 5.00. The SMILES string of the molecule is CCc1ccc(S(=O)(=O)N(C)C2(C#N)CCCCC2)s1. The van der Waals surface area contributed by atoms with Crippen molar-refractivity contribution in [3.63, 3.8) is 0 Å². The van der Waals surface area contributed by atoms with Crippen molar-refractivity contribution in [3.05, 3.63) is 17.0 Å². The second-order valence-corrected chi connectivity index (χ2v) is 8.62. The fourth-order valence-corrected chi connectivity index (χ4v) is 5.63. The molecule has 1 fully saturated rings. The van der Waals surface area contributed by atoms with Gasteiger partial charge in [-0.05, 0) is 31.4 Å². The van der Waals surface area contributed by atoms with Crippen molar-refractivity contribution in [2.45, 2.75) is 55.2 Å². The maximum atomic E-state index is 12.7. The van der Waals surface area contributed by atoms with E-state index in [1.807, 2.05) is 13.0 Å². The summed E-state index contributed by atoms with van der Waals surface area (Å²) in [6.45, 7) is 2.00. The van der Waals surface area contributed by atoms with Gasteiger partial charge in [0.1, 0.15) is 9.75 Å². The molecule has 0 aliphatic heterocycles. The van der Waals surface area contributed by atoms with E-state index in [1.165, 1.54) is 15.6 Å². The molecule has 1 aliphatic rings. The first-order valence-corrected chi connectivity index (χ1v) is 9.21. The fraction of sp³-hybridized carbons (Fsp3) is 0.643. The second-order valence-electron chi connectivity index (χ2n) is 5.25. The Balaban J connectivity index is 2.35. The molecule has 0 atom stereocenters. The number of nitriles is 1. The van der Waals surface area contributed by atoms with Gasteiger partial charge in [-0.1, -0.05) is 26.2 Å². The molecular formula is C14H20N2O2S2. The maximum Gasteiger partial charge on any atom is 0.253 e. The second kappa shape index (κ2) is 5.84. The Bertz CT molecular complexity index is 607. The van der Waals surface area contributed by atoms with Crippen LogP contribution in [-0.2, 0) is 16.4 Å². The molecule has 1 aromatic rings. The molecule has 20 heavy (non-hydrogen) atoms. The van der Waals surface area contributed by atoms with Gasteiger partial charge in [0.2, 0.25) is 0 Å². The predicted octanol–water partition coefficient (Wildman–Crippen LogP) is 3.16. The Labute approximate surface area is 125 Å². The average Bonchev–Trinajstić information content (AvgIpc) is 2.97. The van der Waals surface area contributed by atoms with Gasteiger partial charge in [-0.25, -0.2) is 8.42 Å². The van der Waals surface area contributed by atoms with Gasteiger partial charge in [0.15, 0.2) is 0 Å². The van der Waals surface area contributed by atoms with Gasteiger partial charge in [0.25, 0.3) is 10.0 Å². The largest absolute Gasteiger partial charge is 0.253 e. The molecule has 0 unspecified atom stereocenters. The van der Waals surface area contributed by atoms with Crippen LogP contribution in [-0.4, -0.2) is 25.3 Å². The number of hydrogen-bond donors (Lipinski definition) is 0. The van der Waals surface area contributed by atoms with Crippen LogP contribution in [0.1, 0.15) is 43.9 Å². The van der Waals surface area contributed by atoms with Gasteiger partial charge >= 0.3 is 0 Å². The smallest absolute Gasteiger partial charge is 0.206 e. The maximum absolute atomic E-state index is 12.7. The van der Waals surface area contributed by atoms with Crippen LogP contribution in [0.15, 0.2) is 16.3 Å². The molecule has 0 spiro atoms. The standard InChI is InChI=1S/C14H20N2O2S2/c1-3-12-7-8-13(19-12)20(17,18)16(2)14(11-15)9-5-4-6-10-14/h7-8H,3-6,9-10H2,1-2H3. The predicted molar refractivity (Wildman–Crippen MR) is 80.1 cm³/mol. The Morgan fingerprint density at radius 1 is 1.35 bits per heavy atom. The third-order valence-corrected chi connectivity index (χ3v) is 7.71. The van der Waals surface area contributed by atoms with Gasteiger partial charge in [-0.3, -0.25) is 0 Å². The lowest BCUT2D eigenvalue weighted by molar-refractivity contribution is 0.213. The topological polar surface area (TPSA) is 61.2 Å². The van der Waals surface area contributed by atoms with E-state index in [-0.39, 0.29) is 0 Å². The highest BCUT2D eigenvalue weighted by Gasteiger charge is 2.43. The van der Waals surface area contributed by atoms with Crippen LogP contribution in [0.25, 0.3) is 0 Å². The minimum atomic E-state index is -3.57. The minimum absolute atomic E-state index is 0.344. The zero-order valence-electron chi connectivity index (χ0n) is 11.9. The number of sulfonamides is 1. The first-order valence-electron chi connectivity index (χ1n) is 6.95. The van der Waals surface area contributed by atoms with Crippen LogP contribution in [0.2, 0.25) is 0 Å². The van der Waals surface area contributed by atoms with Crippen LogP contribution in [0.3, 0.4) is 0 Å². The summed E-state index contributed by atoms with van der Waals surface area (Å²) >= 11 is 1.30. The van der Waals surface area contributed by atoms with E-state index in [9.17, 15) is 13.7 Å². The molecule has 1 heterocycles. The van der Waals surface area contributed by atoms with E-state index in [0.717, 1.165) is 30.6 Å². The van der Waals surface area contributed by atoms with Crippen molar-refractivity contribution in [1.82, 2.24) is 4.31 Å². The molecule has 1 aliphatic carbocycles. The van der Waals surface area contributed by atoms with Gasteiger partial charge in [-0.2, -0.15) is 9.57 Å². The molecule has 0 aromatic carbocycles. The van der Waals surface area contributed by atoms with Crippen LogP contribution < -0.4 is 0 Å². The van der Waals surface area contributed by atoms with Crippen LogP contribution in [0, 0.1) is 11.3 Å². The van der Waals surface area contributed by atoms with Gasteiger partial charge in [0, 0.05) is 11.9 Å². The third kappa shape index (κ3) is 2.62. The van der Waals surface area contributed by atoms with E-state index >= 15 is 0 Å². The summed E-state index contributed by atoms with van der Waals surface area (Å²) in [5.41, 5.74) is -0.868. The summed E-state index contributed by atoms with van der Waals surface area (Å²) in [5.74, 6) is 0. The summed E-state index contributed by atoms with van der Waals surface area (Å²) in [4.78, 5) is 1.05. The van der Waals surface area contributed by atoms with Crippen LogP contribution >= 0.6 is 11.3 Å². The summed E-state index contributed by atoms with van der Waals surface area (Å²) in [6, 6.07) is 5.77. The molecule has 2 rings (SSSR count). The first kappa shape index (κ1) is 15.5. The van der Waals surface area contributed by atoms with Gasteiger partial charge < -0.3 is 0 Å². The molecule has 0 N–H and O–H groups in total. The molecule has 6 heteroatoms. The molecule has 1 aromatic heterocycles. The fourth-order valence-electron chi connectivity index (χ4n) is 2.69. The van der Waals surface area contributed by atoms with Gasteiger partial charge in [-0.15, -0.1) is 11.3 Å². The number of aryl methyl sites for hydroxylation is 1. The average molecular weight is 312 g/mol. The zero-order valence-corrected chi connectivity index (χ0v) is 13.6. The third-order valence-electron chi connectivity index (χ3n) is 4.09. The molecular weight excluding hydrogens is 292 g/mol. The summed E-state index contributed by atoms with van der Waals surface area (Å²) < 4.78 is 27.1. The van der Waals surface area contributed by atoms with E-state index in [1.54, 1.807) is 13.1 Å². The highest BCUT2D eigenvalue weighted by molar-refractivity contribution is 7.91. The number of hydrogen-bond acceptors (Lipinski definition) is 4. The first-order chi connectivity index (χ1) is 9.46. The van der Waals surface area contributed by atoms with E-state index in [4.69, 9.17) is 0 Å². The van der Waals surface area contributed by atoms with Crippen LogP contribution in [0.4, 0.5) is 0 Å². The number of nitrogens with zero attached hydrogens (tertiary/aromatic N) is 2. The van der Waals surface area contributed by atoms with E-state index < -0.39 is 15.6 Å². The van der Waals surface area contributed by atoms with Crippen molar-refractivity contribution in [1.29, 1.82) is 5.26 Å². The van der Waals surface area contributed by atoms with Crippen molar-refractivity contribution in [2.24, 2.45) is 0 Å². The van der Waals surface area contributed by atoms with E-state index in [0.29, 0.717) is 17.1 Å². The lowest BCUT2D eigenvalue weighted by Crippen LogP contribution is -2.49. The molecule has 0 saturated heterocycles. The summed E-state index contributed by atoms with van der Waals surface area (Å²) in [5, 5.41) is 9.52. The molecule has 110 valence electrons. The van der Waals surface area contributed by atoms with Crippen molar-refractivity contribution in [2.75, 3.05) is 7.05 Å².